The first-order valence-electron chi connectivity index (χ1n) is 10.1. The molecule has 1 saturated heterocycles. The summed E-state index contributed by atoms with van der Waals surface area (Å²) >= 11 is 5.38. The van der Waals surface area contributed by atoms with Crippen LogP contribution in [0.25, 0.3) is 11.4 Å². The summed E-state index contributed by atoms with van der Waals surface area (Å²) in [5.74, 6) is 2.25. The normalized spacial score (nSPS) is 13.9. The molecule has 31 heavy (non-hydrogen) atoms. The molecule has 1 aliphatic heterocycles. The lowest BCUT2D eigenvalue weighted by Gasteiger charge is -2.36. The van der Waals surface area contributed by atoms with Gasteiger partial charge < -0.3 is 19.3 Å². The van der Waals surface area contributed by atoms with Crippen LogP contribution in [0.4, 0.5) is 5.69 Å². The van der Waals surface area contributed by atoms with E-state index in [4.69, 9.17) is 21.7 Å². The number of amides is 1. The van der Waals surface area contributed by atoms with E-state index in [0.29, 0.717) is 23.7 Å². The van der Waals surface area contributed by atoms with Crippen LogP contribution in [-0.2, 0) is 11.3 Å². The van der Waals surface area contributed by atoms with E-state index in [1.807, 2.05) is 53.4 Å². The van der Waals surface area contributed by atoms with Crippen molar-refractivity contribution in [3.8, 4) is 22.9 Å². The zero-order chi connectivity index (χ0) is 21.8. The van der Waals surface area contributed by atoms with Crippen LogP contribution in [0.2, 0.25) is 0 Å². The summed E-state index contributed by atoms with van der Waals surface area (Å²) in [7, 11) is 3.30. The van der Waals surface area contributed by atoms with Gasteiger partial charge in [-0.15, -0.1) is 0 Å². The van der Waals surface area contributed by atoms with E-state index in [1.54, 1.807) is 18.8 Å². The van der Waals surface area contributed by atoms with Crippen LogP contribution < -0.4 is 14.4 Å². The van der Waals surface area contributed by atoms with Crippen molar-refractivity contribution in [3.05, 3.63) is 53.3 Å². The molecule has 9 heteroatoms. The van der Waals surface area contributed by atoms with Crippen LogP contribution in [0.3, 0.4) is 0 Å². The fraction of sp³-hybridized carbons (Fsp3) is 0.318. The van der Waals surface area contributed by atoms with Crippen molar-refractivity contribution >= 4 is 23.8 Å². The lowest BCUT2D eigenvalue weighted by Crippen LogP contribution is -2.49. The number of para-hydroxylation sites is 2. The first kappa shape index (κ1) is 20.9. The van der Waals surface area contributed by atoms with Crippen molar-refractivity contribution in [3.63, 3.8) is 0 Å². The number of nitrogens with one attached hydrogen (secondary N) is 1. The second-order valence-corrected chi connectivity index (χ2v) is 7.59. The molecule has 3 aromatic rings. The summed E-state index contributed by atoms with van der Waals surface area (Å²) in [5, 5.41) is 7.13. The highest BCUT2D eigenvalue weighted by atomic mass is 32.1. The van der Waals surface area contributed by atoms with Gasteiger partial charge in [0.15, 0.2) is 10.6 Å². The topological polar surface area (TPSA) is 75.6 Å². The van der Waals surface area contributed by atoms with Crippen molar-refractivity contribution in [2.45, 2.75) is 6.54 Å². The van der Waals surface area contributed by atoms with Gasteiger partial charge in [0.25, 0.3) is 0 Å². The van der Waals surface area contributed by atoms with Gasteiger partial charge >= 0.3 is 0 Å². The van der Waals surface area contributed by atoms with Crippen molar-refractivity contribution < 1.29 is 14.3 Å². The molecular weight excluding hydrogens is 414 g/mol. The predicted molar refractivity (Wildman–Crippen MR) is 121 cm³/mol. The molecule has 1 N–H and O–H groups in total. The Morgan fingerprint density at radius 1 is 1.03 bits per heavy atom. The largest absolute Gasteiger partial charge is 0.497 e. The Kier molecular flexibility index (Phi) is 6.22. The fourth-order valence-electron chi connectivity index (χ4n) is 3.75. The molecule has 2 heterocycles. The van der Waals surface area contributed by atoms with E-state index in [-0.39, 0.29) is 12.5 Å². The van der Waals surface area contributed by atoms with Crippen LogP contribution in [0, 0.1) is 4.77 Å². The van der Waals surface area contributed by atoms with E-state index < -0.39 is 0 Å². The molecule has 0 radical (unpaired) electrons. The van der Waals surface area contributed by atoms with Crippen LogP contribution in [0.1, 0.15) is 0 Å². The van der Waals surface area contributed by atoms with E-state index in [9.17, 15) is 4.79 Å². The predicted octanol–water partition coefficient (Wildman–Crippen LogP) is 2.97. The fourth-order valence-corrected chi connectivity index (χ4v) is 3.94. The molecule has 2 aromatic carbocycles. The number of piperazine rings is 1. The molecule has 1 aliphatic rings. The van der Waals surface area contributed by atoms with Crippen LogP contribution in [-0.4, -0.2) is 66.0 Å². The number of aromatic nitrogens is 3. The molecule has 0 atom stereocenters. The highest BCUT2D eigenvalue weighted by Crippen LogP contribution is 2.28. The lowest BCUT2D eigenvalue weighted by molar-refractivity contribution is -0.132. The number of ether oxygens (including phenoxy) is 2. The molecule has 1 fully saturated rings. The third kappa shape index (κ3) is 4.41. The number of aromatic amines is 1. The average Bonchev–Trinajstić information content (AvgIpc) is 3.19. The number of hydrogen-bond donors (Lipinski definition) is 1. The van der Waals surface area contributed by atoms with Crippen LogP contribution >= 0.6 is 12.2 Å². The van der Waals surface area contributed by atoms with E-state index in [2.05, 4.69) is 15.1 Å². The summed E-state index contributed by atoms with van der Waals surface area (Å²) in [5.41, 5.74) is 1.91. The number of carbonyl (C=O) groups is 1. The summed E-state index contributed by atoms with van der Waals surface area (Å²) in [6, 6.07) is 15.5. The van der Waals surface area contributed by atoms with Crippen LogP contribution in [0.15, 0.2) is 48.5 Å². The van der Waals surface area contributed by atoms with Gasteiger partial charge in [0.05, 0.1) is 19.9 Å². The van der Waals surface area contributed by atoms with Gasteiger partial charge in [-0.05, 0) is 48.6 Å². The molecule has 0 bridgehead atoms. The Labute approximate surface area is 186 Å². The van der Waals surface area contributed by atoms with Crippen LogP contribution in [0.5, 0.6) is 11.5 Å². The number of methoxy groups -OCH3 is 2. The highest BCUT2D eigenvalue weighted by molar-refractivity contribution is 7.71. The van der Waals surface area contributed by atoms with Gasteiger partial charge in [0, 0.05) is 31.7 Å². The van der Waals surface area contributed by atoms with Crippen molar-refractivity contribution in [2.24, 2.45) is 0 Å². The lowest BCUT2D eigenvalue weighted by atomic mass is 10.2. The number of H-pyrrole nitrogens is 1. The number of rotatable bonds is 6. The maximum atomic E-state index is 13.0. The first-order chi connectivity index (χ1) is 15.1. The Hall–Kier alpha value is -3.33. The van der Waals surface area contributed by atoms with Crippen molar-refractivity contribution in [2.75, 3.05) is 45.3 Å². The van der Waals surface area contributed by atoms with Gasteiger partial charge in [-0.3, -0.25) is 14.5 Å². The van der Waals surface area contributed by atoms with Crippen molar-refractivity contribution in [1.29, 1.82) is 0 Å². The van der Waals surface area contributed by atoms with Gasteiger partial charge in [0.1, 0.15) is 18.0 Å². The van der Waals surface area contributed by atoms with Gasteiger partial charge in [-0.2, -0.15) is 5.10 Å². The van der Waals surface area contributed by atoms with Gasteiger partial charge in [-0.25, -0.2) is 0 Å². The number of anilines is 1. The summed E-state index contributed by atoms with van der Waals surface area (Å²) in [4.78, 5) is 17.1. The molecule has 0 unspecified atom stereocenters. The molecule has 0 aliphatic carbocycles. The number of nitrogens with zero attached hydrogens (tertiary/aromatic N) is 4. The number of hydrogen-bond acceptors (Lipinski definition) is 6. The molecule has 0 spiro atoms. The standard InChI is InChI=1S/C22H25N5O3S/c1-29-17-9-7-16(8-10-17)21-23-24-22(31)27(21)15-20(28)26-13-11-25(12-14-26)18-5-3-4-6-19(18)30-2/h3-10H,11-15H2,1-2H3,(H,24,31). The third-order valence-corrected chi connectivity index (χ3v) is 5.77. The Morgan fingerprint density at radius 2 is 1.74 bits per heavy atom. The van der Waals surface area contributed by atoms with E-state index >= 15 is 0 Å². The maximum Gasteiger partial charge on any atom is 0.242 e. The van der Waals surface area contributed by atoms with Crippen molar-refractivity contribution in [1.82, 2.24) is 19.7 Å². The summed E-state index contributed by atoms with van der Waals surface area (Å²) in [6.07, 6.45) is 0. The number of carbonyl (C=O) groups excluding carboxylic acids is 1. The second-order valence-electron chi connectivity index (χ2n) is 7.21. The van der Waals surface area contributed by atoms with E-state index in [0.717, 1.165) is 35.8 Å². The molecular formula is C22H25N5O3S. The van der Waals surface area contributed by atoms with Gasteiger partial charge in [0.2, 0.25) is 5.91 Å². The molecule has 1 amide bonds. The zero-order valence-corrected chi connectivity index (χ0v) is 18.4. The smallest absolute Gasteiger partial charge is 0.242 e. The third-order valence-electron chi connectivity index (χ3n) is 5.46. The average molecular weight is 440 g/mol. The molecule has 4 rings (SSSR count). The molecule has 162 valence electrons. The Morgan fingerprint density at radius 3 is 2.42 bits per heavy atom. The van der Waals surface area contributed by atoms with Gasteiger partial charge in [-0.1, -0.05) is 12.1 Å². The Balaban J connectivity index is 1.44. The quantitative estimate of drug-likeness (QED) is 0.595. The summed E-state index contributed by atoms with van der Waals surface area (Å²) in [6.45, 7) is 2.91. The highest BCUT2D eigenvalue weighted by Gasteiger charge is 2.24. The second kappa shape index (κ2) is 9.22. The minimum absolute atomic E-state index is 0.0203. The summed E-state index contributed by atoms with van der Waals surface area (Å²) < 4.78 is 12.8. The minimum Gasteiger partial charge on any atom is -0.497 e. The Bertz CT molecular complexity index is 1100. The minimum atomic E-state index is 0.0203. The SMILES string of the molecule is COc1ccc(-c2n[nH]c(=S)n2CC(=O)N2CCN(c3ccccc3OC)CC2)cc1. The first-order valence-corrected chi connectivity index (χ1v) is 10.5. The maximum absolute atomic E-state index is 13.0. The monoisotopic (exact) mass is 439 g/mol. The molecule has 0 saturated carbocycles. The molecule has 8 nitrogen and oxygen atoms in total. The molecule has 1 aromatic heterocycles. The van der Waals surface area contributed by atoms with E-state index in [1.165, 1.54) is 0 Å². The zero-order valence-electron chi connectivity index (χ0n) is 17.6. The number of benzene rings is 2.